The normalized spacial score (nSPS) is 21.4. The van der Waals surface area contributed by atoms with Gasteiger partial charge < -0.3 is 15.4 Å². The zero-order chi connectivity index (χ0) is 14.0. The molecule has 0 bridgehead atoms. The summed E-state index contributed by atoms with van der Waals surface area (Å²) in [4.78, 5) is 12.0. The maximum Gasteiger partial charge on any atom is 0.253 e. The zero-order valence-electron chi connectivity index (χ0n) is 10.6. The Labute approximate surface area is 126 Å². The molecule has 2 N–H and O–H groups in total. The largest absolute Gasteiger partial charge is 0.378 e. The Balaban J connectivity index is 0.00000200. The molecule has 1 heterocycles. The van der Waals surface area contributed by atoms with Crippen molar-refractivity contribution in [2.75, 3.05) is 20.2 Å². The third kappa shape index (κ3) is 3.58. The summed E-state index contributed by atoms with van der Waals surface area (Å²) in [5.41, 5.74) is -0.0951. The predicted octanol–water partition coefficient (Wildman–Crippen LogP) is 1.76. The van der Waals surface area contributed by atoms with Crippen LogP contribution in [0.2, 0.25) is 5.02 Å². The fraction of sp³-hybridized carbons (Fsp3) is 0.417. The summed E-state index contributed by atoms with van der Waals surface area (Å²) < 4.78 is 31.2. The smallest absolute Gasteiger partial charge is 0.253 e. The zero-order valence-corrected chi connectivity index (χ0v) is 12.2. The minimum Gasteiger partial charge on any atom is -0.378 e. The van der Waals surface area contributed by atoms with E-state index in [1.165, 1.54) is 0 Å². The number of carbonyl (C=O) groups is 1. The second-order valence-electron chi connectivity index (χ2n) is 4.26. The summed E-state index contributed by atoms with van der Waals surface area (Å²) in [7, 11) is 1.54. The van der Waals surface area contributed by atoms with Gasteiger partial charge in [0.25, 0.3) is 5.91 Å². The van der Waals surface area contributed by atoms with Crippen molar-refractivity contribution in [2.45, 2.75) is 12.1 Å². The first-order valence-corrected chi connectivity index (χ1v) is 6.09. The van der Waals surface area contributed by atoms with E-state index < -0.39 is 17.5 Å². The molecule has 2 unspecified atom stereocenters. The molecule has 0 radical (unpaired) electrons. The minimum absolute atomic E-state index is 0. The summed E-state index contributed by atoms with van der Waals surface area (Å²) in [6.07, 6.45) is -0.159. The second-order valence-corrected chi connectivity index (χ2v) is 4.67. The van der Waals surface area contributed by atoms with E-state index in [-0.39, 0.29) is 35.1 Å². The Morgan fingerprint density at radius 1 is 1.40 bits per heavy atom. The Bertz CT molecular complexity index is 503. The molecule has 8 heteroatoms. The quantitative estimate of drug-likeness (QED) is 0.832. The van der Waals surface area contributed by atoms with Gasteiger partial charge in [0, 0.05) is 20.2 Å². The van der Waals surface area contributed by atoms with Crippen LogP contribution in [0.3, 0.4) is 0 Å². The lowest BCUT2D eigenvalue weighted by Gasteiger charge is -2.18. The molecule has 1 saturated heterocycles. The summed E-state index contributed by atoms with van der Waals surface area (Å²) in [6, 6.07) is 1.34. The Hall–Kier alpha value is -0.950. The predicted molar refractivity (Wildman–Crippen MR) is 73.5 cm³/mol. The molecule has 2 atom stereocenters. The molecule has 1 fully saturated rings. The molecule has 1 aliphatic heterocycles. The van der Waals surface area contributed by atoms with Gasteiger partial charge in [0.2, 0.25) is 0 Å². The van der Waals surface area contributed by atoms with Gasteiger partial charge in [-0.2, -0.15) is 0 Å². The summed E-state index contributed by atoms with van der Waals surface area (Å²) in [6.45, 7) is 1.17. The van der Waals surface area contributed by atoms with E-state index in [1.54, 1.807) is 7.11 Å². The Morgan fingerprint density at radius 3 is 2.70 bits per heavy atom. The monoisotopic (exact) mass is 326 g/mol. The molecule has 20 heavy (non-hydrogen) atoms. The van der Waals surface area contributed by atoms with Crippen LogP contribution in [0.5, 0.6) is 0 Å². The molecule has 1 aromatic rings. The van der Waals surface area contributed by atoms with Gasteiger partial charge in [-0.3, -0.25) is 4.79 Å². The lowest BCUT2D eigenvalue weighted by molar-refractivity contribution is 0.0779. The molecular weight excluding hydrogens is 313 g/mol. The number of benzene rings is 1. The van der Waals surface area contributed by atoms with Crippen molar-refractivity contribution in [1.82, 2.24) is 10.6 Å². The summed E-state index contributed by atoms with van der Waals surface area (Å²) in [5.74, 6) is -2.75. The maximum absolute atomic E-state index is 13.1. The van der Waals surface area contributed by atoms with Crippen molar-refractivity contribution < 1.29 is 18.3 Å². The first-order valence-electron chi connectivity index (χ1n) is 5.72. The number of hydrogen-bond donors (Lipinski definition) is 2. The highest BCUT2D eigenvalue weighted by Gasteiger charge is 2.29. The highest BCUT2D eigenvalue weighted by molar-refractivity contribution is 6.33. The minimum atomic E-state index is -1.11. The molecule has 0 saturated carbocycles. The van der Waals surface area contributed by atoms with Crippen LogP contribution >= 0.6 is 24.0 Å². The molecule has 112 valence electrons. The SMILES string of the molecule is COC1CNCC1NC(=O)c1cc(F)c(F)cc1Cl.Cl. The molecule has 1 aromatic carbocycles. The highest BCUT2D eigenvalue weighted by Crippen LogP contribution is 2.20. The molecule has 1 amide bonds. The first kappa shape index (κ1) is 17.1. The van der Waals surface area contributed by atoms with Gasteiger partial charge in [0.15, 0.2) is 11.6 Å². The van der Waals surface area contributed by atoms with Gasteiger partial charge in [-0.15, -0.1) is 12.4 Å². The summed E-state index contributed by atoms with van der Waals surface area (Å²) in [5, 5.41) is 5.61. The maximum atomic E-state index is 13.1. The Kier molecular flexibility index (Phi) is 6.13. The van der Waals surface area contributed by atoms with E-state index in [9.17, 15) is 13.6 Å². The number of hydrogen-bond acceptors (Lipinski definition) is 3. The van der Waals surface area contributed by atoms with Crippen molar-refractivity contribution >= 4 is 29.9 Å². The first-order chi connectivity index (χ1) is 9.02. The topological polar surface area (TPSA) is 50.4 Å². The van der Waals surface area contributed by atoms with E-state index in [0.29, 0.717) is 13.1 Å². The standard InChI is InChI=1S/C12H13ClF2N2O2.ClH/c1-19-11-5-16-4-10(11)17-12(18)6-2-8(14)9(15)3-7(6)13;/h2-3,10-11,16H,4-5H2,1H3,(H,17,18);1H. The average Bonchev–Trinajstić information content (AvgIpc) is 2.80. The lowest BCUT2D eigenvalue weighted by Crippen LogP contribution is -2.43. The van der Waals surface area contributed by atoms with Crippen molar-refractivity contribution in [2.24, 2.45) is 0 Å². The van der Waals surface area contributed by atoms with Crippen LogP contribution in [0.15, 0.2) is 12.1 Å². The van der Waals surface area contributed by atoms with E-state index in [0.717, 1.165) is 12.1 Å². The van der Waals surface area contributed by atoms with Crippen LogP contribution in [0.1, 0.15) is 10.4 Å². The van der Waals surface area contributed by atoms with E-state index in [2.05, 4.69) is 10.6 Å². The van der Waals surface area contributed by atoms with E-state index in [1.807, 2.05) is 0 Å². The number of rotatable bonds is 3. The van der Waals surface area contributed by atoms with Crippen molar-refractivity contribution in [3.63, 3.8) is 0 Å². The van der Waals surface area contributed by atoms with Gasteiger partial charge in [0.05, 0.1) is 22.7 Å². The van der Waals surface area contributed by atoms with Gasteiger partial charge in [-0.05, 0) is 12.1 Å². The van der Waals surface area contributed by atoms with Crippen molar-refractivity contribution in [1.29, 1.82) is 0 Å². The third-order valence-electron chi connectivity index (χ3n) is 3.03. The number of ether oxygens (including phenoxy) is 1. The molecular formula is C12H14Cl2F2N2O2. The van der Waals surface area contributed by atoms with Crippen LogP contribution in [0.25, 0.3) is 0 Å². The fourth-order valence-electron chi connectivity index (χ4n) is 1.99. The number of carbonyl (C=O) groups excluding carboxylic acids is 1. The molecule has 2 rings (SSSR count). The second kappa shape index (κ2) is 7.17. The molecule has 4 nitrogen and oxygen atoms in total. The van der Waals surface area contributed by atoms with E-state index in [4.69, 9.17) is 16.3 Å². The average molecular weight is 327 g/mol. The number of amides is 1. The van der Waals surface area contributed by atoms with Crippen molar-refractivity contribution in [3.8, 4) is 0 Å². The molecule has 0 aromatic heterocycles. The van der Waals surface area contributed by atoms with E-state index >= 15 is 0 Å². The molecule has 0 spiro atoms. The third-order valence-corrected chi connectivity index (χ3v) is 3.35. The number of methoxy groups -OCH3 is 1. The van der Waals surface area contributed by atoms with Gasteiger partial charge in [0.1, 0.15) is 0 Å². The van der Waals surface area contributed by atoms with Crippen LogP contribution in [-0.2, 0) is 4.74 Å². The fourth-order valence-corrected chi connectivity index (χ4v) is 2.23. The van der Waals surface area contributed by atoms with Crippen LogP contribution < -0.4 is 10.6 Å². The summed E-state index contributed by atoms with van der Waals surface area (Å²) >= 11 is 5.74. The van der Waals surface area contributed by atoms with Gasteiger partial charge >= 0.3 is 0 Å². The Morgan fingerprint density at radius 2 is 2.05 bits per heavy atom. The van der Waals surface area contributed by atoms with Crippen LogP contribution in [0.4, 0.5) is 8.78 Å². The molecule has 0 aliphatic carbocycles. The van der Waals surface area contributed by atoms with Gasteiger partial charge in [-0.25, -0.2) is 8.78 Å². The van der Waals surface area contributed by atoms with Crippen molar-refractivity contribution in [3.05, 3.63) is 34.4 Å². The number of nitrogens with one attached hydrogen (secondary N) is 2. The highest BCUT2D eigenvalue weighted by atomic mass is 35.5. The van der Waals surface area contributed by atoms with Crippen LogP contribution in [0, 0.1) is 11.6 Å². The number of halogens is 4. The van der Waals surface area contributed by atoms with Gasteiger partial charge in [-0.1, -0.05) is 11.6 Å². The molecule has 1 aliphatic rings. The van der Waals surface area contributed by atoms with Crippen LogP contribution in [-0.4, -0.2) is 38.3 Å². The lowest BCUT2D eigenvalue weighted by atomic mass is 10.1.